The summed E-state index contributed by atoms with van der Waals surface area (Å²) in [7, 11) is 0. The van der Waals surface area contributed by atoms with Crippen LogP contribution in [0.3, 0.4) is 0 Å². The predicted octanol–water partition coefficient (Wildman–Crippen LogP) is 1.68. The molecule has 1 aliphatic heterocycles. The lowest BCUT2D eigenvalue weighted by Gasteiger charge is -2.17. The molecule has 0 radical (unpaired) electrons. The molecule has 1 amide bonds. The van der Waals surface area contributed by atoms with E-state index in [1.54, 1.807) is 12.1 Å². The molecule has 0 aromatic carbocycles. The van der Waals surface area contributed by atoms with Crippen LogP contribution in [0.5, 0.6) is 0 Å². The van der Waals surface area contributed by atoms with Crippen molar-refractivity contribution >= 4 is 11.7 Å². The van der Waals surface area contributed by atoms with Gasteiger partial charge in [-0.15, -0.1) is 0 Å². The summed E-state index contributed by atoms with van der Waals surface area (Å²) in [4.78, 5) is 22.1. The van der Waals surface area contributed by atoms with Crippen LogP contribution in [0.2, 0.25) is 0 Å². The second-order valence-electron chi connectivity index (χ2n) is 5.82. The Hall–Kier alpha value is -2.44. The number of hydrogen-bond donors (Lipinski definition) is 1. The standard InChI is InChI=1S/C15H19N5O2/c1-9(2)14-18-15(22-19-14)10-6-7-20(8-10)12-5-3-4-11(17-12)13(16)21/h3-5,9-10H,6-8H2,1-2H3,(H2,16,21). The van der Waals surface area contributed by atoms with Crippen LogP contribution in [0.1, 0.15) is 54.3 Å². The van der Waals surface area contributed by atoms with Crippen LogP contribution in [0, 0.1) is 0 Å². The van der Waals surface area contributed by atoms with Gasteiger partial charge in [0, 0.05) is 19.0 Å². The quantitative estimate of drug-likeness (QED) is 0.922. The number of nitrogens with zero attached hydrogens (tertiary/aromatic N) is 4. The van der Waals surface area contributed by atoms with E-state index in [0.717, 1.165) is 31.2 Å². The van der Waals surface area contributed by atoms with Gasteiger partial charge in [0.05, 0.1) is 5.92 Å². The molecule has 1 saturated heterocycles. The number of rotatable bonds is 4. The van der Waals surface area contributed by atoms with Gasteiger partial charge in [0.2, 0.25) is 5.89 Å². The summed E-state index contributed by atoms with van der Waals surface area (Å²) in [6, 6.07) is 5.29. The van der Waals surface area contributed by atoms with Crippen LogP contribution in [0.4, 0.5) is 5.82 Å². The average Bonchev–Trinajstić information content (AvgIpc) is 3.16. The smallest absolute Gasteiger partial charge is 0.267 e. The maximum absolute atomic E-state index is 11.2. The number of amides is 1. The van der Waals surface area contributed by atoms with Crippen molar-refractivity contribution in [1.82, 2.24) is 15.1 Å². The van der Waals surface area contributed by atoms with Gasteiger partial charge in [-0.1, -0.05) is 25.1 Å². The molecule has 116 valence electrons. The van der Waals surface area contributed by atoms with E-state index >= 15 is 0 Å². The van der Waals surface area contributed by atoms with E-state index in [4.69, 9.17) is 10.3 Å². The Balaban J connectivity index is 1.74. The SMILES string of the molecule is CC(C)c1noc(C2CCN(c3cccc(C(N)=O)n3)C2)n1. The first kappa shape index (κ1) is 14.5. The molecule has 2 aromatic heterocycles. The Morgan fingerprint density at radius 1 is 1.41 bits per heavy atom. The molecule has 1 atom stereocenters. The van der Waals surface area contributed by atoms with Crippen LogP contribution >= 0.6 is 0 Å². The highest BCUT2D eigenvalue weighted by molar-refractivity contribution is 5.91. The Kier molecular flexibility index (Phi) is 3.79. The monoisotopic (exact) mass is 301 g/mol. The fourth-order valence-electron chi connectivity index (χ4n) is 2.55. The highest BCUT2D eigenvalue weighted by Crippen LogP contribution is 2.29. The van der Waals surface area contributed by atoms with E-state index < -0.39 is 5.91 Å². The molecular formula is C15H19N5O2. The first-order chi connectivity index (χ1) is 10.5. The highest BCUT2D eigenvalue weighted by Gasteiger charge is 2.29. The van der Waals surface area contributed by atoms with Crippen molar-refractivity contribution in [3.63, 3.8) is 0 Å². The van der Waals surface area contributed by atoms with Crippen molar-refractivity contribution in [3.8, 4) is 0 Å². The molecule has 2 aromatic rings. The Morgan fingerprint density at radius 3 is 2.91 bits per heavy atom. The molecule has 0 bridgehead atoms. The molecule has 22 heavy (non-hydrogen) atoms. The normalized spacial score (nSPS) is 18.1. The van der Waals surface area contributed by atoms with E-state index in [1.807, 2.05) is 19.9 Å². The van der Waals surface area contributed by atoms with E-state index in [1.165, 1.54) is 0 Å². The second kappa shape index (κ2) is 5.75. The molecule has 1 unspecified atom stereocenters. The number of aromatic nitrogens is 3. The topological polar surface area (TPSA) is 98.1 Å². The maximum Gasteiger partial charge on any atom is 0.267 e. The number of primary amides is 1. The minimum atomic E-state index is -0.518. The van der Waals surface area contributed by atoms with Gasteiger partial charge < -0.3 is 15.2 Å². The van der Waals surface area contributed by atoms with Gasteiger partial charge >= 0.3 is 0 Å². The third-order valence-corrected chi connectivity index (χ3v) is 3.82. The zero-order valence-electron chi connectivity index (χ0n) is 12.7. The van der Waals surface area contributed by atoms with E-state index in [0.29, 0.717) is 5.89 Å². The molecule has 0 aliphatic carbocycles. The molecule has 3 rings (SSSR count). The summed E-state index contributed by atoms with van der Waals surface area (Å²) >= 11 is 0. The minimum absolute atomic E-state index is 0.194. The molecule has 3 heterocycles. The summed E-state index contributed by atoms with van der Waals surface area (Å²) in [5, 5.41) is 4.01. The molecule has 0 spiro atoms. The number of hydrogen-bond acceptors (Lipinski definition) is 6. The maximum atomic E-state index is 11.2. The number of anilines is 1. The van der Waals surface area contributed by atoms with Gasteiger partial charge in [-0.05, 0) is 18.6 Å². The van der Waals surface area contributed by atoms with Gasteiger partial charge in [-0.2, -0.15) is 4.98 Å². The highest BCUT2D eigenvalue weighted by atomic mass is 16.5. The van der Waals surface area contributed by atoms with Gasteiger partial charge in [0.1, 0.15) is 11.5 Å². The van der Waals surface area contributed by atoms with Crippen molar-refractivity contribution in [1.29, 1.82) is 0 Å². The number of carbonyl (C=O) groups excluding carboxylic acids is 1. The second-order valence-corrected chi connectivity index (χ2v) is 5.82. The number of carbonyl (C=O) groups is 1. The zero-order chi connectivity index (χ0) is 15.7. The molecule has 1 aliphatic rings. The molecule has 0 saturated carbocycles. The lowest BCUT2D eigenvalue weighted by molar-refractivity contribution is 0.0995. The lowest BCUT2D eigenvalue weighted by Crippen LogP contribution is -2.22. The fourth-order valence-corrected chi connectivity index (χ4v) is 2.55. The molecule has 7 heteroatoms. The van der Waals surface area contributed by atoms with Gasteiger partial charge in [0.15, 0.2) is 5.82 Å². The summed E-state index contributed by atoms with van der Waals surface area (Å²) in [5.74, 6) is 2.10. The van der Waals surface area contributed by atoms with E-state index in [9.17, 15) is 4.79 Å². The number of pyridine rings is 1. The largest absolute Gasteiger partial charge is 0.364 e. The van der Waals surface area contributed by atoms with Crippen molar-refractivity contribution in [2.75, 3.05) is 18.0 Å². The van der Waals surface area contributed by atoms with Crippen LogP contribution in [0.15, 0.2) is 22.7 Å². The third kappa shape index (κ3) is 2.79. The third-order valence-electron chi connectivity index (χ3n) is 3.82. The van der Waals surface area contributed by atoms with Gasteiger partial charge in [0.25, 0.3) is 5.91 Å². The van der Waals surface area contributed by atoms with Gasteiger partial charge in [-0.3, -0.25) is 4.79 Å². The van der Waals surface area contributed by atoms with Crippen molar-refractivity contribution in [2.24, 2.45) is 5.73 Å². The van der Waals surface area contributed by atoms with E-state index in [2.05, 4.69) is 20.0 Å². The van der Waals surface area contributed by atoms with Crippen molar-refractivity contribution in [2.45, 2.75) is 32.1 Å². The van der Waals surface area contributed by atoms with Gasteiger partial charge in [-0.25, -0.2) is 4.98 Å². The minimum Gasteiger partial charge on any atom is -0.364 e. The fraction of sp³-hybridized carbons (Fsp3) is 0.467. The molecule has 7 nitrogen and oxygen atoms in total. The van der Waals surface area contributed by atoms with Crippen molar-refractivity contribution < 1.29 is 9.32 Å². The van der Waals surface area contributed by atoms with Crippen LogP contribution < -0.4 is 10.6 Å². The zero-order valence-corrected chi connectivity index (χ0v) is 12.7. The average molecular weight is 301 g/mol. The Bertz CT molecular complexity index is 682. The van der Waals surface area contributed by atoms with Crippen LogP contribution in [-0.2, 0) is 0 Å². The summed E-state index contributed by atoms with van der Waals surface area (Å²) < 4.78 is 5.37. The molecule has 2 N–H and O–H groups in total. The summed E-state index contributed by atoms with van der Waals surface area (Å²) in [6.07, 6.45) is 0.919. The first-order valence-electron chi connectivity index (χ1n) is 7.40. The Morgan fingerprint density at radius 2 is 2.23 bits per heavy atom. The molecule has 1 fully saturated rings. The first-order valence-corrected chi connectivity index (χ1v) is 7.40. The van der Waals surface area contributed by atoms with Crippen molar-refractivity contribution in [3.05, 3.63) is 35.6 Å². The number of nitrogens with two attached hydrogens (primary N) is 1. The van der Waals surface area contributed by atoms with E-state index in [-0.39, 0.29) is 17.5 Å². The summed E-state index contributed by atoms with van der Waals surface area (Å²) in [6.45, 7) is 5.65. The van der Waals surface area contributed by atoms with Crippen LogP contribution in [-0.4, -0.2) is 34.1 Å². The lowest BCUT2D eigenvalue weighted by atomic mass is 10.1. The predicted molar refractivity (Wildman–Crippen MR) is 80.7 cm³/mol. The summed E-state index contributed by atoms with van der Waals surface area (Å²) in [5.41, 5.74) is 5.56. The Labute approximate surface area is 128 Å². The van der Waals surface area contributed by atoms with Crippen LogP contribution in [0.25, 0.3) is 0 Å². The molecular weight excluding hydrogens is 282 g/mol.